The highest BCUT2D eigenvalue weighted by molar-refractivity contribution is 9.10. The second-order valence-electron chi connectivity index (χ2n) is 6.66. The number of anilines is 1. The molecule has 3 rings (SSSR count). The number of benzene rings is 2. The summed E-state index contributed by atoms with van der Waals surface area (Å²) in [4.78, 5) is 28.0. The molecule has 0 spiro atoms. The second-order valence-corrected chi connectivity index (χ2v) is 7.57. The fraction of sp³-hybridized carbons (Fsp3) is 0.238. The Morgan fingerprint density at radius 3 is 2.55 bits per heavy atom. The van der Waals surface area contributed by atoms with Crippen LogP contribution in [0.25, 0.3) is 6.08 Å². The summed E-state index contributed by atoms with van der Waals surface area (Å²) in [6.07, 6.45) is 2.82. The average molecular weight is 464 g/mol. The van der Waals surface area contributed by atoms with Gasteiger partial charge in [0.25, 0.3) is 0 Å². The number of halogens is 3. The maximum absolute atomic E-state index is 13.8. The van der Waals surface area contributed by atoms with Crippen LogP contribution < -0.4 is 5.32 Å². The van der Waals surface area contributed by atoms with Gasteiger partial charge < -0.3 is 10.2 Å². The molecular weight excluding hydrogens is 444 g/mol. The Morgan fingerprint density at radius 1 is 1.07 bits per heavy atom. The Kier molecular flexibility index (Phi) is 7.11. The summed E-state index contributed by atoms with van der Waals surface area (Å²) in [6, 6.07) is 10.3. The number of carbonyl (C=O) groups is 2. The normalized spacial score (nSPS) is 14.9. The third-order valence-electron chi connectivity index (χ3n) is 4.52. The van der Waals surface area contributed by atoms with Gasteiger partial charge in [0.1, 0.15) is 11.6 Å². The summed E-state index contributed by atoms with van der Waals surface area (Å²) in [5.41, 5.74) is 0.745. The Labute approximate surface area is 176 Å². The first kappa shape index (κ1) is 21.1. The molecule has 0 radical (unpaired) electrons. The lowest BCUT2D eigenvalue weighted by molar-refractivity contribution is -0.127. The Bertz CT molecular complexity index is 928. The zero-order valence-electron chi connectivity index (χ0n) is 15.6. The van der Waals surface area contributed by atoms with Gasteiger partial charge in [-0.1, -0.05) is 22.0 Å². The van der Waals surface area contributed by atoms with Gasteiger partial charge in [0.15, 0.2) is 0 Å². The first-order chi connectivity index (χ1) is 13.9. The van der Waals surface area contributed by atoms with Gasteiger partial charge in [0.05, 0.1) is 6.54 Å². The molecule has 0 bridgehead atoms. The van der Waals surface area contributed by atoms with E-state index >= 15 is 0 Å². The predicted molar refractivity (Wildman–Crippen MR) is 111 cm³/mol. The van der Waals surface area contributed by atoms with Gasteiger partial charge in [-0.3, -0.25) is 14.5 Å². The van der Waals surface area contributed by atoms with Crippen LogP contribution in [0.2, 0.25) is 0 Å². The molecule has 152 valence electrons. The topological polar surface area (TPSA) is 52.7 Å². The van der Waals surface area contributed by atoms with Crippen molar-refractivity contribution in [1.29, 1.82) is 0 Å². The molecule has 0 aliphatic carbocycles. The summed E-state index contributed by atoms with van der Waals surface area (Å²) < 4.78 is 27.7. The molecule has 5 nitrogen and oxygen atoms in total. The monoisotopic (exact) mass is 463 g/mol. The number of piperazine rings is 1. The minimum Gasteiger partial charge on any atom is -0.337 e. The van der Waals surface area contributed by atoms with E-state index in [0.717, 1.165) is 4.47 Å². The molecule has 0 saturated carbocycles. The van der Waals surface area contributed by atoms with Gasteiger partial charge in [-0.25, -0.2) is 8.78 Å². The van der Waals surface area contributed by atoms with E-state index in [4.69, 9.17) is 0 Å². The van der Waals surface area contributed by atoms with Gasteiger partial charge >= 0.3 is 0 Å². The summed E-state index contributed by atoms with van der Waals surface area (Å²) >= 11 is 3.28. The van der Waals surface area contributed by atoms with Crippen LogP contribution in [0.1, 0.15) is 5.56 Å². The van der Waals surface area contributed by atoms with Gasteiger partial charge in [0.2, 0.25) is 11.8 Å². The van der Waals surface area contributed by atoms with E-state index in [2.05, 4.69) is 21.2 Å². The largest absolute Gasteiger partial charge is 0.337 e. The molecule has 1 aliphatic rings. The van der Waals surface area contributed by atoms with E-state index in [1.807, 2.05) is 4.90 Å². The van der Waals surface area contributed by atoms with Crippen molar-refractivity contribution in [3.63, 3.8) is 0 Å². The molecule has 1 heterocycles. The molecule has 8 heteroatoms. The van der Waals surface area contributed by atoms with Crippen molar-refractivity contribution < 1.29 is 18.4 Å². The van der Waals surface area contributed by atoms with Crippen molar-refractivity contribution in [1.82, 2.24) is 9.80 Å². The first-order valence-corrected chi connectivity index (χ1v) is 9.90. The van der Waals surface area contributed by atoms with Crippen molar-refractivity contribution in [2.24, 2.45) is 0 Å². The number of amides is 2. The van der Waals surface area contributed by atoms with Crippen LogP contribution in [0.15, 0.2) is 53.0 Å². The summed E-state index contributed by atoms with van der Waals surface area (Å²) in [7, 11) is 0. The van der Waals surface area contributed by atoms with Gasteiger partial charge in [0, 0.05) is 48.0 Å². The third kappa shape index (κ3) is 6.20. The van der Waals surface area contributed by atoms with Crippen LogP contribution in [0.3, 0.4) is 0 Å². The molecule has 1 N–H and O–H groups in total. The fourth-order valence-electron chi connectivity index (χ4n) is 3.01. The van der Waals surface area contributed by atoms with E-state index in [9.17, 15) is 18.4 Å². The number of rotatable bonds is 5. The molecule has 0 atom stereocenters. The molecule has 2 amide bonds. The Hall–Kier alpha value is -2.58. The second kappa shape index (κ2) is 9.76. The van der Waals surface area contributed by atoms with Crippen molar-refractivity contribution in [3.8, 4) is 0 Å². The molecular formula is C21H20BrF2N3O2. The lowest BCUT2D eigenvalue weighted by Gasteiger charge is -2.33. The van der Waals surface area contributed by atoms with E-state index < -0.39 is 11.6 Å². The fourth-order valence-corrected chi connectivity index (χ4v) is 3.38. The SMILES string of the molecule is O=C(CN1CCN(C(=O)/C=C/c2cc(Br)ccc2F)CC1)Nc1cccc(F)c1. The molecule has 0 aromatic heterocycles. The first-order valence-electron chi connectivity index (χ1n) is 9.10. The Balaban J connectivity index is 1.47. The molecule has 1 saturated heterocycles. The van der Waals surface area contributed by atoms with Crippen LogP contribution in [0, 0.1) is 11.6 Å². The smallest absolute Gasteiger partial charge is 0.246 e. The highest BCUT2D eigenvalue weighted by Gasteiger charge is 2.21. The number of carbonyl (C=O) groups excluding carboxylic acids is 2. The average Bonchev–Trinajstić information content (AvgIpc) is 2.69. The quantitative estimate of drug-likeness (QED) is 0.690. The maximum atomic E-state index is 13.8. The molecule has 1 aliphatic heterocycles. The van der Waals surface area contributed by atoms with Crippen molar-refractivity contribution in [2.75, 3.05) is 38.0 Å². The minimum atomic E-state index is -0.411. The van der Waals surface area contributed by atoms with E-state index in [0.29, 0.717) is 37.4 Å². The summed E-state index contributed by atoms with van der Waals surface area (Å²) in [5.74, 6) is -1.24. The Morgan fingerprint density at radius 2 is 1.83 bits per heavy atom. The molecule has 0 unspecified atom stereocenters. The van der Waals surface area contributed by atoms with E-state index in [1.54, 1.807) is 23.1 Å². The van der Waals surface area contributed by atoms with Crippen LogP contribution in [0.4, 0.5) is 14.5 Å². The zero-order valence-corrected chi connectivity index (χ0v) is 17.2. The standard InChI is InChI=1S/C21H20BrF2N3O2/c22-16-5-6-19(24)15(12-16)4-7-21(29)27-10-8-26(9-11-27)14-20(28)25-18-3-1-2-17(23)13-18/h1-7,12-13H,8-11,14H2,(H,25,28)/b7-4+. The zero-order chi connectivity index (χ0) is 20.8. The predicted octanol–water partition coefficient (Wildman–Crippen LogP) is 3.52. The van der Waals surface area contributed by atoms with Crippen LogP contribution >= 0.6 is 15.9 Å². The molecule has 1 fully saturated rings. The van der Waals surface area contributed by atoms with Gasteiger partial charge in [-0.2, -0.15) is 0 Å². The summed E-state index contributed by atoms with van der Waals surface area (Å²) in [6.45, 7) is 2.19. The number of hydrogen-bond acceptors (Lipinski definition) is 3. The lowest BCUT2D eigenvalue weighted by atomic mass is 10.2. The van der Waals surface area contributed by atoms with Gasteiger partial charge in [-0.15, -0.1) is 0 Å². The van der Waals surface area contributed by atoms with Gasteiger partial charge in [-0.05, 0) is 42.5 Å². The van der Waals surface area contributed by atoms with Crippen LogP contribution in [0.5, 0.6) is 0 Å². The minimum absolute atomic E-state index is 0.164. The molecule has 29 heavy (non-hydrogen) atoms. The number of nitrogens with one attached hydrogen (secondary N) is 1. The van der Waals surface area contributed by atoms with E-state index in [1.165, 1.54) is 36.4 Å². The third-order valence-corrected chi connectivity index (χ3v) is 5.02. The van der Waals surface area contributed by atoms with Crippen molar-refractivity contribution in [3.05, 3.63) is 70.2 Å². The number of hydrogen-bond donors (Lipinski definition) is 1. The van der Waals surface area contributed by atoms with Crippen molar-refractivity contribution in [2.45, 2.75) is 0 Å². The highest BCUT2D eigenvalue weighted by atomic mass is 79.9. The lowest BCUT2D eigenvalue weighted by Crippen LogP contribution is -2.50. The highest BCUT2D eigenvalue weighted by Crippen LogP contribution is 2.17. The van der Waals surface area contributed by atoms with Crippen molar-refractivity contribution >= 4 is 39.5 Å². The van der Waals surface area contributed by atoms with Crippen LogP contribution in [-0.4, -0.2) is 54.3 Å². The molecule has 2 aromatic carbocycles. The van der Waals surface area contributed by atoms with Crippen LogP contribution in [-0.2, 0) is 9.59 Å². The summed E-state index contributed by atoms with van der Waals surface area (Å²) in [5, 5.41) is 2.66. The number of nitrogens with zero attached hydrogens (tertiary/aromatic N) is 2. The molecule has 2 aromatic rings. The maximum Gasteiger partial charge on any atom is 0.246 e. The van der Waals surface area contributed by atoms with E-state index in [-0.39, 0.29) is 18.4 Å².